The fraction of sp³-hybridized carbons (Fsp3) is 0.441. The van der Waals surface area contributed by atoms with Crippen LogP contribution in [0.1, 0.15) is 49.3 Å². The van der Waals surface area contributed by atoms with Crippen molar-refractivity contribution in [3.05, 3.63) is 65.9 Å². The Morgan fingerprint density at radius 3 is 2.14 bits per heavy atom. The summed E-state index contributed by atoms with van der Waals surface area (Å²) in [6, 6.07) is 15.0. The molecule has 0 saturated carbocycles. The molecule has 0 radical (unpaired) electrons. The number of aromatic nitrogens is 1. The van der Waals surface area contributed by atoms with Gasteiger partial charge < -0.3 is 34.5 Å². The molecule has 1 atom stereocenters. The Kier molecular flexibility index (Phi) is 12.0. The van der Waals surface area contributed by atoms with Gasteiger partial charge in [-0.15, -0.1) is 13.2 Å². The molecular weight excluding hydrogens is 690 g/mol. The molecule has 51 heavy (non-hydrogen) atoms. The minimum atomic E-state index is -5.08. The summed E-state index contributed by atoms with van der Waals surface area (Å²) in [6.07, 6.45) is -10.6. The maximum atomic E-state index is 13.2. The van der Waals surface area contributed by atoms with Gasteiger partial charge in [0.2, 0.25) is 0 Å². The highest BCUT2D eigenvalue weighted by Crippen LogP contribution is 2.41. The number of halogens is 6. The minimum absolute atomic E-state index is 0.221. The van der Waals surface area contributed by atoms with Crippen LogP contribution in [0, 0.1) is 0 Å². The minimum Gasteiger partial charge on any atom is -0.475 e. The predicted octanol–water partition coefficient (Wildman–Crippen LogP) is 6.64. The Labute approximate surface area is 289 Å². The molecule has 3 aromatic rings. The number of benzene rings is 2. The summed E-state index contributed by atoms with van der Waals surface area (Å²) in [5, 5.41) is 19.9. The monoisotopic (exact) mass is 728 g/mol. The maximum absolute atomic E-state index is 13.2. The van der Waals surface area contributed by atoms with Gasteiger partial charge in [0.15, 0.2) is 0 Å². The molecule has 2 aromatic carbocycles. The highest BCUT2D eigenvalue weighted by Gasteiger charge is 2.38. The Morgan fingerprint density at radius 2 is 1.59 bits per heavy atom. The lowest BCUT2D eigenvalue weighted by Crippen LogP contribution is -2.47. The molecule has 1 fully saturated rings. The van der Waals surface area contributed by atoms with E-state index >= 15 is 0 Å². The summed E-state index contributed by atoms with van der Waals surface area (Å²) in [5.74, 6) is -3.44. The largest absolute Gasteiger partial charge is 0.573 e. The highest BCUT2D eigenvalue weighted by molar-refractivity contribution is 5.98. The van der Waals surface area contributed by atoms with Crippen molar-refractivity contribution in [1.82, 2.24) is 19.7 Å². The second kappa shape index (κ2) is 15.6. The lowest BCUT2D eigenvalue weighted by Gasteiger charge is -2.36. The molecule has 3 heterocycles. The molecule has 0 bridgehead atoms. The molecule has 2 amide bonds. The number of alkyl halides is 6. The van der Waals surface area contributed by atoms with Crippen molar-refractivity contribution in [3.8, 4) is 28.1 Å². The molecule has 0 spiro atoms. The second-order valence-electron chi connectivity index (χ2n) is 12.9. The number of carboxylic acids is 1. The van der Waals surface area contributed by atoms with E-state index in [1.807, 2.05) is 49.6 Å². The molecule has 0 unspecified atom stereocenters. The number of nitrogens with zero attached hydrogens (tertiary/aromatic N) is 3. The zero-order valence-corrected chi connectivity index (χ0v) is 28.0. The number of fused-ring (bicyclic) bond motifs is 1. The van der Waals surface area contributed by atoms with Crippen molar-refractivity contribution in [3.63, 3.8) is 0 Å². The standard InChI is InChI=1S/C32H37F3N4O5.C2HF3O2/c1-31(2,3)38(30(41)42)12-11-24-19-36-29(40)27-18-26(23-5-4-6-25(17-23)44-32(33,34)35)28(39(24)27)22-9-7-21(8-10-22)20-37-13-15-43-16-14-37;3-2(4,5)1(6)7/h4-10,17-18,24H,11-16,19-20H2,1-3H3,(H,36,40)(H,41,42);(H,6,7)/t24-;/m0./s1. The Balaban J connectivity index is 0.000000755. The SMILES string of the molecule is CC(C)(C)N(CC[C@H]1CNC(=O)c2cc(-c3cccc(OC(F)(F)F)c3)c(-c3ccc(CN4CCOCC4)cc3)n21)C(=O)O.O=C(O)C(F)(F)F. The first kappa shape index (κ1) is 39.0. The lowest BCUT2D eigenvalue weighted by atomic mass is 9.99. The van der Waals surface area contributed by atoms with Crippen molar-refractivity contribution in [2.24, 2.45) is 0 Å². The molecule has 2 aliphatic heterocycles. The molecule has 17 heteroatoms. The van der Waals surface area contributed by atoms with Crippen LogP contribution in [0.15, 0.2) is 54.6 Å². The van der Waals surface area contributed by atoms with Crippen molar-refractivity contribution in [2.75, 3.05) is 39.4 Å². The van der Waals surface area contributed by atoms with Gasteiger partial charge in [-0.2, -0.15) is 13.2 Å². The van der Waals surface area contributed by atoms with Crippen molar-refractivity contribution in [2.45, 2.75) is 57.9 Å². The number of aliphatic carboxylic acids is 1. The molecule has 0 aliphatic carbocycles. The first-order valence-electron chi connectivity index (χ1n) is 15.8. The van der Waals surface area contributed by atoms with Crippen LogP contribution in [0.3, 0.4) is 0 Å². The van der Waals surface area contributed by atoms with Crippen molar-refractivity contribution >= 4 is 18.0 Å². The molecule has 3 N–H and O–H groups in total. The van der Waals surface area contributed by atoms with E-state index in [1.54, 1.807) is 12.1 Å². The third kappa shape index (κ3) is 10.4. The van der Waals surface area contributed by atoms with E-state index in [-0.39, 0.29) is 30.8 Å². The molecular formula is C34H38F6N4O7. The average molecular weight is 729 g/mol. The molecule has 5 rings (SSSR count). The number of carboxylic acid groups (broad SMARTS) is 2. The normalized spacial score (nSPS) is 16.7. The highest BCUT2D eigenvalue weighted by atomic mass is 19.4. The predicted molar refractivity (Wildman–Crippen MR) is 172 cm³/mol. The van der Waals surface area contributed by atoms with Gasteiger partial charge in [-0.25, -0.2) is 9.59 Å². The maximum Gasteiger partial charge on any atom is 0.573 e. The van der Waals surface area contributed by atoms with Gasteiger partial charge >= 0.3 is 24.6 Å². The number of amides is 2. The van der Waals surface area contributed by atoms with Gasteiger partial charge in [0.25, 0.3) is 5.91 Å². The van der Waals surface area contributed by atoms with Crippen LogP contribution in [0.5, 0.6) is 5.75 Å². The van der Waals surface area contributed by atoms with E-state index in [0.717, 1.165) is 30.8 Å². The van der Waals surface area contributed by atoms with Crippen LogP contribution in [0.4, 0.5) is 31.1 Å². The summed E-state index contributed by atoms with van der Waals surface area (Å²) in [7, 11) is 0. The summed E-state index contributed by atoms with van der Waals surface area (Å²) in [6.45, 7) is 9.77. The Bertz CT molecular complexity index is 1690. The van der Waals surface area contributed by atoms with Crippen LogP contribution in [-0.2, 0) is 16.1 Å². The Hall–Kier alpha value is -4.77. The number of morpholine rings is 1. The van der Waals surface area contributed by atoms with Gasteiger partial charge in [0, 0.05) is 43.8 Å². The third-order valence-corrected chi connectivity index (χ3v) is 8.22. The van der Waals surface area contributed by atoms with Gasteiger partial charge in [-0.05, 0) is 62.1 Å². The molecule has 1 aromatic heterocycles. The molecule has 2 aliphatic rings. The van der Waals surface area contributed by atoms with Crippen LogP contribution in [-0.4, -0.2) is 100 Å². The number of rotatable bonds is 8. The number of hydrogen-bond acceptors (Lipinski definition) is 6. The molecule has 1 saturated heterocycles. The van der Waals surface area contributed by atoms with E-state index in [0.29, 0.717) is 42.1 Å². The Morgan fingerprint density at radius 1 is 0.961 bits per heavy atom. The number of ether oxygens (including phenoxy) is 2. The summed E-state index contributed by atoms with van der Waals surface area (Å²) < 4.78 is 82.5. The summed E-state index contributed by atoms with van der Waals surface area (Å²) in [5.41, 5.74) is 3.29. The van der Waals surface area contributed by atoms with Crippen LogP contribution < -0.4 is 10.1 Å². The number of carbonyl (C=O) groups excluding carboxylic acids is 1. The summed E-state index contributed by atoms with van der Waals surface area (Å²) in [4.78, 5) is 37.8. The fourth-order valence-corrected chi connectivity index (χ4v) is 5.86. The average Bonchev–Trinajstić information content (AvgIpc) is 3.43. The van der Waals surface area contributed by atoms with Gasteiger partial charge in [-0.3, -0.25) is 9.69 Å². The second-order valence-corrected chi connectivity index (χ2v) is 12.9. The first-order chi connectivity index (χ1) is 23.7. The summed E-state index contributed by atoms with van der Waals surface area (Å²) >= 11 is 0. The zero-order chi connectivity index (χ0) is 37.7. The van der Waals surface area contributed by atoms with Crippen molar-refractivity contribution in [1.29, 1.82) is 0 Å². The number of hydrogen-bond donors (Lipinski definition) is 3. The quantitative estimate of drug-likeness (QED) is 0.220. The van der Waals surface area contributed by atoms with Crippen LogP contribution in [0.25, 0.3) is 22.4 Å². The lowest BCUT2D eigenvalue weighted by molar-refractivity contribution is -0.274. The van der Waals surface area contributed by atoms with E-state index in [2.05, 4.69) is 15.0 Å². The number of nitrogens with one attached hydrogen (secondary N) is 1. The van der Waals surface area contributed by atoms with E-state index < -0.39 is 30.1 Å². The van der Waals surface area contributed by atoms with Crippen LogP contribution >= 0.6 is 0 Å². The van der Waals surface area contributed by atoms with Gasteiger partial charge in [0.1, 0.15) is 11.4 Å². The van der Waals surface area contributed by atoms with E-state index in [1.165, 1.54) is 23.1 Å². The van der Waals surface area contributed by atoms with E-state index in [9.17, 15) is 41.0 Å². The topological polar surface area (TPSA) is 134 Å². The van der Waals surface area contributed by atoms with Gasteiger partial charge in [-0.1, -0.05) is 36.4 Å². The van der Waals surface area contributed by atoms with E-state index in [4.69, 9.17) is 14.6 Å². The van der Waals surface area contributed by atoms with Crippen LogP contribution in [0.2, 0.25) is 0 Å². The number of carbonyl (C=O) groups is 3. The molecule has 278 valence electrons. The molecule has 11 nitrogen and oxygen atoms in total. The van der Waals surface area contributed by atoms with Crippen molar-refractivity contribution < 1.29 is 60.4 Å². The zero-order valence-electron chi connectivity index (χ0n) is 28.0. The smallest absolute Gasteiger partial charge is 0.475 e. The third-order valence-electron chi connectivity index (χ3n) is 8.22. The van der Waals surface area contributed by atoms with Gasteiger partial charge in [0.05, 0.1) is 24.9 Å². The first-order valence-corrected chi connectivity index (χ1v) is 15.8. The fourth-order valence-electron chi connectivity index (χ4n) is 5.86.